The van der Waals surface area contributed by atoms with Crippen LogP contribution in [0.2, 0.25) is 0 Å². The predicted octanol–water partition coefficient (Wildman–Crippen LogP) is 3.90. The number of imide groups is 1. The molecule has 2 heterocycles. The molecular weight excluding hydrogens is 482 g/mol. The molecule has 0 bridgehead atoms. The fourth-order valence-electron chi connectivity index (χ4n) is 4.90. The fourth-order valence-corrected chi connectivity index (χ4v) is 4.90. The Balaban J connectivity index is 1.40. The SMILES string of the molecule is COC(=O)c1ccc(N2C(=O)CC(N(CCc3c[nH]c4ccccc34)C(=O)Cc3ccccc3)C2=O)cc1. The molecule has 1 fully saturated rings. The van der Waals surface area contributed by atoms with Crippen molar-refractivity contribution in [3.05, 3.63) is 102 Å². The minimum absolute atomic E-state index is 0.105. The summed E-state index contributed by atoms with van der Waals surface area (Å²) in [5, 5.41) is 1.06. The van der Waals surface area contributed by atoms with Gasteiger partial charge in [0.15, 0.2) is 0 Å². The number of fused-ring (bicyclic) bond motifs is 1. The molecule has 8 nitrogen and oxygen atoms in total. The quantitative estimate of drug-likeness (QED) is 0.287. The molecule has 1 aromatic heterocycles. The van der Waals surface area contributed by atoms with Crippen LogP contribution in [0.5, 0.6) is 0 Å². The van der Waals surface area contributed by atoms with E-state index in [1.165, 1.54) is 36.3 Å². The van der Waals surface area contributed by atoms with Gasteiger partial charge in [0.25, 0.3) is 5.91 Å². The fraction of sp³-hybridized carbons (Fsp3) is 0.200. The Labute approximate surface area is 219 Å². The standard InChI is InChI=1S/C30H27N3O5/c1-38-30(37)21-11-13-23(14-12-21)33-28(35)18-26(29(33)36)32(27(34)17-20-7-3-2-4-8-20)16-15-22-19-31-25-10-6-5-9-24(22)25/h2-14,19,26,31H,15-18H2,1H3. The Morgan fingerprint density at radius 2 is 1.68 bits per heavy atom. The molecule has 0 aliphatic carbocycles. The number of nitrogens with one attached hydrogen (secondary N) is 1. The summed E-state index contributed by atoms with van der Waals surface area (Å²) in [7, 11) is 1.28. The van der Waals surface area contributed by atoms with Gasteiger partial charge in [-0.2, -0.15) is 0 Å². The summed E-state index contributed by atoms with van der Waals surface area (Å²) in [6.07, 6.45) is 2.46. The van der Waals surface area contributed by atoms with Crippen molar-refractivity contribution in [2.75, 3.05) is 18.6 Å². The molecule has 1 aliphatic heterocycles. The zero-order valence-corrected chi connectivity index (χ0v) is 20.9. The Hall–Kier alpha value is -4.72. The smallest absolute Gasteiger partial charge is 0.337 e. The first kappa shape index (κ1) is 25.0. The van der Waals surface area contributed by atoms with Crippen molar-refractivity contribution < 1.29 is 23.9 Å². The number of ether oxygens (including phenoxy) is 1. The van der Waals surface area contributed by atoms with Crippen LogP contribution in [0.25, 0.3) is 10.9 Å². The second-order valence-electron chi connectivity index (χ2n) is 9.18. The van der Waals surface area contributed by atoms with Gasteiger partial charge in [0.2, 0.25) is 11.8 Å². The highest BCUT2D eigenvalue weighted by atomic mass is 16.5. The van der Waals surface area contributed by atoms with Crippen molar-refractivity contribution >= 4 is 40.3 Å². The number of nitrogens with zero attached hydrogens (tertiary/aromatic N) is 2. The lowest BCUT2D eigenvalue weighted by Gasteiger charge is -2.28. The molecule has 3 aromatic carbocycles. The molecule has 1 saturated heterocycles. The van der Waals surface area contributed by atoms with Gasteiger partial charge in [-0.1, -0.05) is 48.5 Å². The minimum Gasteiger partial charge on any atom is -0.465 e. The van der Waals surface area contributed by atoms with Crippen molar-refractivity contribution in [3.63, 3.8) is 0 Å². The third-order valence-electron chi connectivity index (χ3n) is 6.86. The molecule has 0 spiro atoms. The number of rotatable bonds is 8. The lowest BCUT2D eigenvalue weighted by Crippen LogP contribution is -2.47. The van der Waals surface area contributed by atoms with Gasteiger partial charge in [-0.05, 0) is 47.9 Å². The molecule has 5 rings (SSSR count). The molecule has 3 amide bonds. The number of H-pyrrole nitrogens is 1. The van der Waals surface area contributed by atoms with Crippen molar-refractivity contribution in [3.8, 4) is 0 Å². The highest BCUT2D eigenvalue weighted by Gasteiger charge is 2.44. The Morgan fingerprint density at radius 1 is 0.974 bits per heavy atom. The number of para-hydroxylation sites is 1. The second kappa shape index (κ2) is 10.7. The number of aromatic amines is 1. The van der Waals surface area contributed by atoms with E-state index in [9.17, 15) is 19.2 Å². The molecule has 1 N–H and O–H groups in total. The van der Waals surface area contributed by atoms with E-state index < -0.39 is 23.8 Å². The zero-order valence-electron chi connectivity index (χ0n) is 20.9. The van der Waals surface area contributed by atoms with Crippen molar-refractivity contribution in [2.45, 2.75) is 25.3 Å². The summed E-state index contributed by atoms with van der Waals surface area (Å²) in [6.45, 7) is 0.284. The average molecular weight is 510 g/mol. The molecule has 192 valence electrons. The van der Waals surface area contributed by atoms with Crippen molar-refractivity contribution in [1.29, 1.82) is 0 Å². The molecule has 1 aliphatic rings. The van der Waals surface area contributed by atoms with Crippen LogP contribution in [0, 0.1) is 0 Å². The summed E-state index contributed by atoms with van der Waals surface area (Å²) in [6, 6.07) is 22.4. The van der Waals surface area contributed by atoms with Gasteiger partial charge in [0.1, 0.15) is 6.04 Å². The van der Waals surface area contributed by atoms with Gasteiger partial charge in [0, 0.05) is 23.6 Å². The van der Waals surface area contributed by atoms with E-state index in [4.69, 9.17) is 4.74 Å². The number of aromatic nitrogens is 1. The topological polar surface area (TPSA) is 99.8 Å². The molecule has 1 unspecified atom stereocenters. The minimum atomic E-state index is -0.913. The first-order valence-corrected chi connectivity index (χ1v) is 12.4. The van der Waals surface area contributed by atoms with Crippen LogP contribution in [-0.4, -0.2) is 53.3 Å². The Kier molecular flexibility index (Phi) is 7.04. The van der Waals surface area contributed by atoms with E-state index in [1.807, 2.05) is 60.8 Å². The van der Waals surface area contributed by atoms with Crippen LogP contribution in [0.15, 0.2) is 85.1 Å². The number of amides is 3. The number of benzene rings is 3. The number of esters is 1. The summed E-state index contributed by atoms with van der Waals surface area (Å²) >= 11 is 0. The van der Waals surface area contributed by atoms with Crippen molar-refractivity contribution in [2.24, 2.45) is 0 Å². The van der Waals surface area contributed by atoms with E-state index in [1.54, 1.807) is 0 Å². The molecule has 0 radical (unpaired) electrons. The lowest BCUT2D eigenvalue weighted by atomic mass is 10.1. The average Bonchev–Trinajstić information content (AvgIpc) is 3.49. The van der Waals surface area contributed by atoms with E-state index in [0.29, 0.717) is 17.7 Å². The number of anilines is 1. The predicted molar refractivity (Wildman–Crippen MR) is 143 cm³/mol. The van der Waals surface area contributed by atoms with Crippen molar-refractivity contribution in [1.82, 2.24) is 9.88 Å². The first-order valence-electron chi connectivity index (χ1n) is 12.4. The summed E-state index contributed by atoms with van der Waals surface area (Å²) in [4.78, 5) is 57.8. The number of carbonyl (C=O) groups excluding carboxylic acids is 4. The molecular formula is C30H27N3O5. The van der Waals surface area contributed by atoms with Gasteiger partial charge in [-0.15, -0.1) is 0 Å². The van der Waals surface area contributed by atoms with Crippen LogP contribution < -0.4 is 4.90 Å². The third-order valence-corrected chi connectivity index (χ3v) is 6.86. The maximum Gasteiger partial charge on any atom is 0.337 e. The van der Waals surface area contributed by atoms with Crippen LogP contribution in [0.3, 0.4) is 0 Å². The molecule has 38 heavy (non-hydrogen) atoms. The monoisotopic (exact) mass is 509 g/mol. The third kappa shape index (κ3) is 4.93. The number of hydrogen-bond donors (Lipinski definition) is 1. The largest absolute Gasteiger partial charge is 0.465 e. The van der Waals surface area contributed by atoms with Gasteiger partial charge >= 0.3 is 5.97 Å². The summed E-state index contributed by atoms with van der Waals surface area (Å²) in [5.41, 5.74) is 3.53. The van der Waals surface area contributed by atoms with E-state index in [2.05, 4.69) is 4.98 Å². The van der Waals surface area contributed by atoms with Crippen LogP contribution >= 0.6 is 0 Å². The molecule has 4 aromatic rings. The van der Waals surface area contributed by atoms with Crippen LogP contribution in [-0.2, 0) is 32.0 Å². The lowest BCUT2D eigenvalue weighted by molar-refractivity contribution is -0.137. The number of hydrogen-bond acceptors (Lipinski definition) is 5. The van der Waals surface area contributed by atoms with Gasteiger partial charge in [0.05, 0.1) is 31.2 Å². The number of carbonyl (C=O) groups is 4. The number of methoxy groups -OCH3 is 1. The molecule has 8 heteroatoms. The Bertz CT molecular complexity index is 1490. The van der Waals surface area contributed by atoms with E-state index in [-0.39, 0.29) is 25.3 Å². The molecule has 1 atom stereocenters. The van der Waals surface area contributed by atoms with Gasteiger partial charge in [-0.25, -0.2) is 9.69 Å². The van der Waals surface area contributed by atoms with E-state index in [0.717, 1.165) is 26.9 Å². The van der Waals surface area contributed by atoms with Gasteiger partial charge in [-0.3, -0.25) is 14.4 Å². The molecule has 0 saturated carbocycles. The maximum absolute atomic E-state index is 13.6. The first-order chi connectivity index (χ1) is 18.5. The maximum atomic E-state index is 13.6. The van der Waals surface area contributed by atoms with Gasteiger partial charge < -0.3 is 14.6 Å². The van der Waals surface area contributed by atoms with Crippen LogP contribution in [0.1, 0.15) is 27.9 Å². The normalized spacial score (nSPS) is 15.2. The zero-order chi connectivity index (χ0) is 26.6. The highest BCUT2D eigenvalue weighted by molar-refractivity contribution is 6.23. The van der Waals surface area contributed by atoms with E-state index >= 15 is 0 Å². The summed E-state index contributed by atoms with van der Waals surface area (Å²) < 4.78 is 4.72. The summed E-state index contributed by atoms with van der Waals surface area (Å²) in [5.74, 6) is -1.58. The van der Waals surface area contributed by atoms with Crippen LogP contribution in [0.4, 0.5) is 5.69 Å². The highest BCUT2D eigenvalue weighted by Crippen LogP contribution is 2.28. The Morgan fingerprint density at radius 3 is 2.42 bits per heavy atom. The second-order valence-corrected chi connectivity index (χ2v) is 9.18.